The lowest BCUT2D eigenvalue weighted by Crippen LogP contribution is -1.92. The second kappa shape index (κ2) is 6.71. The maximum Gasteiger partial charge on any atom is 0.328 e. The molecule has 0 saturated heterocycles. The zero-order valence-electron chi connectivity index (χ0n) is 11.5. The first kappa shape index (κ1) is 14.1. The van der Waals surface area contributed by atoms with Gasteiger partial charge in [0.1, 0.15) is 0 Å². The topological polar surface area (TPSA) is 37.3 Å². The fourth-order valence-corrected chi connectivity index (χ4v) is 2.12. The number of aryl methyl sites for hydroxylation is 1. The van der Waals surface area contributed by atoms with Crippen molar-refractivity contribution in [2.45, 2.75) is 19.8 Å². The summed E-state index contributed by atoms with van der Waals surface area (Å²) < 4.78 is 0. The van der Waals surface area contributed by atoms with Gasteiger partial charge in [0.05, 0.1) is 0 Å². The quantitative estimate of drug-likeness (QED) is 0.818. The van der Waals surface area contributed by atoms with E-state index in [0.29, 0.717) is 0 Å². The molecule has 0 radical (unpaired) electrons. The van der Waals surface area contributed by atoms with Crippen LogP contribution < -0.4 is 0 Å². The van der Waals surface area contributed by atoms with Gasteiger partial charge in [0.15, 0.2) is 0 Å². The molecule has 2 heteroatoms. The Morgan fingerprint density at radius 1 is 1.00 bits per heavy atom. The summed E-state index contributed by atoms with van der Waals surface area (Å²) in [5.74, 6) is -0.873. The van der Waals surface area contributed by atoms with Crippen LogP contribution in [0.1, 0.15) is 18.9 Å². The fraction of sp³-hybridized carbons (Fsp3) is 0.167. The molecule has 0 aromatic heterocycles. The summed E-state index contributed by atoms with van der Waals surface area (Å²) in [5.41, 5.74) is 4.53. The number of rotatable bonds is 5. The molecule has 2 aromatic carbocycles. The van der Waals surface area contributed by atoms with E-state index < -0.39 is 5.97 Å². The van der Waals surface area contributed by atoms with E-state index in [4.69, 9.17) is 5.11 Å². The zero-order chi connectivity index (χ0) is 14.4. The molecule has 2 nitrogen and oxygen atoms in total. The summed E-state index contributed by atoms with van der Waals surface area (Å²) >= 11 is 0. The van der Waals surface area contributed by atoms with Crippen LogP contribution in [0, 0.1) is 0 Å². The molecule has 0 saturated carbocycles. The van der Waals surface area contributed by atoms with Crippen LogP contribution in [0.5, 0.6) is 0 Å². The van der Waals surface area contributed by atoms with E-state index in [-0.39, 0.29) is 0 Å². The summed E-state index contributed by atoms with van der Waals surface area (Å²) in [6.07, 6.45) is 2.92. The number of benzene rings is 2. The summed E-state index contributed by atoms with van der Waals surface area (Å²) in [7, 11) is 0. The lowest BCUT2D eigenvalue weighted by Gasteiger charge is -2.05. The number of aliphatic carboxylic acids is 1. The maximum absolute atomic E-state index is 10.5. The van der Waals surface area contributed by atoms with Crippen LogP contribution in [0.4, 0.5) is 0 Å². The van der Waals surface area contributed by atoms with Crippen molar-refractivity contribution in [2.75, 3.05) is 0 Å². The number of carbonyl (C=O) groups is 1. The molecule has 0 aliphatic carbocycles. The number of carboxylic acid groups (broad SMARTS) is 1. The Kier molecular flexibility index (Phi) is 4.72. The zero-order valence-corrected chi connectivity index (χ0v) is 11.5. The van der Waals surface area contributed by atoms with Gasteiger partial charge in [-0.25, -0.2) is 4.79 Å². The molecule has 0 fully saturated rings. The Balaban J connectivity index is 2.01. The molecule has 0 amide bonds. The van der Waals surface area contributed by atoms with Crippen molar-refractivity contribution in [3.63, 3.8) is 0 Å². The van der Waals surface area contributed by atoms with Crippen LogP contribution >= 0.6 is 0 Å². The van der Waals surface area contributed by atoms with Gasteiger partial charge in [0.2, 0.25) is 0 Å². The third-order valence-electron chi connectivity index (χ3n) is 3.24. The van der Waals surface area contributed by atoms with Crippen molar-refractivity contribution in [1.82, 2.24) is 0 Å². The fourth-order valence-electron chi connectivity index (χ4n) is 2.12. The summed E-state index contributed by atoms with van der Waals surface area (Å²) in [5, 5.41) is 8.67. The lowest BCUT2D eigenvalue weighted by atomic mass is 10.0. The van der Waals surface area contributed by atoms with E-state index in [0.717, 1.165) is 18.4 Å². The highest BCUT2D eigenvalue weighted by atomic mass is 16.4. The van der Waals surface area contributed by atoms with Crippen LogP contribution in [-0.4, -0.2) is 11.1 Å². The van der Waals surface area contributed by atoms with Gasteiger partial charge in [0, 0.05) is 6.08 Å². The molecular formula is C18H18O2. The Hall–Kier alpha value is -2.35. The first-order valence-electron chi connectivity index (χ1n) is 6.69. The smallest absolute Gasteiger partial charge is 0.328 e. The average molecular weight is 266 g/mol. The Morgan fingerprint density at radius 3 is 2.20 bits per heavy atom. The number of hydrogen-bond donors (Lipinski definition) is 1. The molecule has 0 aliphatic rings. The highest BCUT2D eigenvalue weighted by Crippen LogP contribution is 2.20. The highest BCUT2D eigenvalue weighted by molar-refractivity contribution is 5.80. The standard InChI is InChI=1S/C18H18O2/c1-14(13-18(19)20)7-8-15-9-11-17(12-10-15)16-5-3-2-4-6-16/h2-6,9-13H,7-8H2,1H3,(H,19,20)/b14-13+. The first-order valence-corrected chi connectivity index (χ1v) is 6.69. The van der Waals surface area contributed by atoms with Gasteiger partial charge in [0.25, 0.3) is 0 Å². The minimum Gasteiger partial charge on any atom is -0.478 e. The largest absolute Gasteiger partial charge is 0.478 e. The molecular weight excluding hydrogens is 248 g/mol. The lowest BCUT2D eigenvalue weighted by molar-refractivity contribution is -0.131. The van der Waals surface area contributed by atoms with E-state index in [2.05, 4.69) is 36.4 Å². The van der Waals surface area contributed by atoms with Crippen molar-refractivity contribution in [1.29, 1.82) is 0 Å². The number of carboxylic acids is 1. The van der Waals surface area contributed by atoms with E-state index in [9.17, 15) is 4.79 Å². The van der Waals surface area contributed by atoms with Crippen molar-refractivity contribution in [3.8, 4) is 11.1 Å². The number of hydrogen-bond acceptors (Lipinski definition) is 1. The Morgan fingerprint density at radius 2 is 1.60 bits per heavy atom. The molecule has 102 valence electrons. The summed E-state index contributed by atoms with van der Waals surface area (Å²) in [6, 6.07) is 18.7. The van der Waals surface area contributed by atoms with Gasteiger partial charge < -0.3 is 5.11 Å². The van der Waals surface area contributed by atoms with Crippen LogP contribution in [0.25, 0.3) is 11.1 Å². The van der Waals surface area contributed by atoms with Gasteiger partial charge >= 0.3 is 5.97 Å². The van der Waals surface area contributed by atoms with Crippen molar-refractivity contribution in [2.24, 2.45) is 0 Å². The summed E-state index contributed by atoms with van der Waals surface area (Å²) in [6.45, 7) is 1.85. The molecule has 2 rings (SSSR count). The van der Waals surface area contributed by atoms with Crippen LogP contribution in [0.15, 0.2) is 66.2 Å². The van der Waals surface area contributed by atoms with Gasteiger partial charge in [-0.15, -0.1) is 0 Å². The molecule has 0 heterocycles. The molecule has 0 aliphatic heterocycles. The Bertz CT molecular complexity index is 595. The van der Waals surface area contributed by atoms with Gasteiger partial charge in [-0.3, -0.25) is 0 Å². The van der Waals surface area contributed by atoms with Crippen molar-refractivity contribution >= 4 is 5.97 Å². The molecule has 20 heavy (non-hydrogen) atoms. The SMILES string of the molecule is C/C(=C\C(=O)O)CCc1ccc(-c2ccccc2)cc1. The van der Waals surface area contributed by atoms with Gasteiger partial charge in [-0.2, -0.15) is 0 Å². The molecule has 0 spiro atoms. The second-order valence-electron chi connectivity index (χ2n) is 4.89. The first-order chi connectivity index (χ1) is 9.65. The summed E-state index contributed by atoms with van der Waals surface area (Å²) in [4.78, 5) is 10.5. The van der Waals surface area contributed by atoms with Crippen LogP contribution in [0.3, 0.4) is 0 Å². The van der Waals surface area contributed by atoms with E-state index in [1.807, 2.05) is 25.1 Å². The van der Waals surface area contributed by atoms with E-state index in [1.54, 1.807) is 0 Å². The monoisotopic (exact) mass is 266 g/mol. The molecule has 0 unspecified atom stereocenters. The van der Waals surface area contributed by atoms with Crippen molar-refractivity contribution < 1.29 is 9.90 Å². The molecule has 0 bridgehead atoms. The second-order valence-corrected chi connectivity index (χ2v) is 4.89. The maximum atomic E-state index is 10.5. The average Bonchev–Trinajstić information content (AvgIpc) is 2.46. The highest BCUT2D eigenvalue weighted by Gasteiger charge is 1.99. The predicted octanol–water partition coefficient (Wildman–Crippen LogP) is 4.32. The minimum atomic E-state index is -0.873. The minimum absolute atomic E-state index is 0.775. The van der Waals surface area contributed by atoms with Crippen LogP contribution in [0.2, 0.25) is 0 Å². The third kappa shape index (κ3) is 4.09. The third-order valence-corrected chi connectivity index (χ3v) is 3.24. The van der Waals surface area contributed by atoms with Gasteiger partial charge in [-0.1, -0.05) is 60.2 Å². The van der Waals surface area contributed by atoms with E-state index >= 15 is 0 Å². The molecule has 2 aromatic rings. The predicted molar refractivity (Wildman–Crippen MR) is 81.6 cm³/mol. The molecule has 0 atom stereocenters. The van der Waals surface area contributed by atoms with Gasteiger partial charge in [-0.05, 0) is 36.5 Å². The van der Waals surface area contributed by atoms with Crippen molar-refractivity contribution in [3.05, 3.63) is 71.8 Å². The van der Waals surface area contributed by atoms with E-state index in [1.165, 1.54) is 22.8 Å². The van der Waals surface area contributed by atoms with Crippen LogP contribution in [-0.2, 0) is 11.2 Å². The Labute approximate surface area is 119 Å². The molecule has 1 N–H and O–H groups in total. The normalized spacial score (nSPS) is 11.3. The number of allylic oxidation sites excluding steroid dienone is 1.